The SMILES string of the molecule is O=c1ccc(-c2ccccc2)nn1CCNS(=O)(=O)c1ccc(F)cc1. The van der Waals surface area contributed by atoms with Crippen LogP contribution in [0, 0.1) is 5.82 Å². The van der Waals surface area contributed by atoms with Crippen molar-refractivity contribution in [2.24, 2.45) is 0 Å². The minimum absolute atomic E-state index is 0.0230. The van der Waals surface area contributed by atoms with Gasteiger partial charge in [-0.15, -0.1) is 0 Å². The lowest BCUT2D eigenvalue weighted by atomic mass is 10.1. The van der Waals surface area contributed by atoms with Crippen LogP contribution in [0.25, 0.3) is 11.3 Å². The van der Waals surface area contributed by atoms with E-state index in [4.69, 9.17) is 0 Å². The summed E-state index contributed by atoms with van der Waals surface area (Å²) in [5.41, 5.74) is 1.14. The number of hydrogen-bond donors (Lipinski definition) is 1. The fourth-order valence-electron chi connectivity index (χ4n) is 2.35. The summed E-state index contributed by atoms with van der Waals surface area (Å²) < 4.78 is 40.8. The van der Waals surface area contributed by atoms with Gasteiger partial charge in [0.05, 0.1) is 17.1 Å². The average molecular weight is 373 g/mol. The van der Waals surface area contributed by atoms with Gasteiger partial charge >= 0.3 is 0 Å². The first kappa shape index (κ1) is 18.0. The van der Waals surface area contributed by atoms with Gasteiger partial charge in [0.1, 0.15) is 5.82 Å². The first-order chi connectivity index (χ1) is 12.5. The second-order valence-electron chi connectivity index (χ2n) is 5.50. The smallest absolute Gasteiger partial charge is 0.266 e. The Labute approximate surface area is 150 Å². The number of benzene rings is 2. The van der Waals surface area contributed by atoms with Crippen LogP contribution in [0.4, 0.5) is 4.39 Å². The molecule has 0 saturated carbocycles. The Balaban J connectivity index is 1.72. The van der Waals surface area contributed by atoms with Gasteiger partial charge in [-0.1, -0.05) is 30.3 Å². The molecule has 1 heterocycles. The molecule has 134 valence electrons. The molecule has 0 unspecified atom stereocenters. The second-order valence-corrected chi connectivity index (χ2v) is 7.26. The maximum atomic E-state index is 12.9. The molecule has 0 atom stereocenters. The normalized spacial score (nSPS) is 11.4. The Bertz CT molecular complexity index is 1050. The largest absolute Gasteiger partial charge is 0.268 e. The average Bonchev–Trinajstić information content (AvgIpc) is 2.64. The molecule has 26 heavy (non-hydrogen) atoms. The molecule has 6 nitrogen and oxygen atoms in total. The molecule has 0 aliphatic carbocycles. The number of nitrogens with one attached hydrogen (secondary N) is 1. The maximum Gasteiger partial charge on any atom is 0.266 e. The van der Waals surface area contributed by atoms with Gasteiger partial charge in [0.2, 0.25) is 10.0 Å². The van der Waals surface area contributed by atoms with E-state index in [1.807, 2.05) is 30.3 Å². The monoisotopic (exact) mass is 373 g/mol. The van der Waals surface area contributed by atoms with Crippen molar-refractivity contribution in [3.05, 3.63) is 82.9 Å². The molecule has 0 spiro atoms. The van der Waals surface area contributed by atoms with Gasteiger partial charge in [-0.2, -0.15) is 5.10 Å². The molecule has 0 bridgehead atoms. The highest BCUT2D eigenvalue weighted by Crippen LogP contribution is 2.14. The third-order valence-corrected chi connectivity index (χ3v) is 5.15. The zero-order valence-corrected chi connectivity index (χ0v) is 14.5. The van der Waals surface area contributed by atoms with Crippen molar-refractivity contribution in [1.82, 2.24) is 14.5 Å². The summed E-state index contributed by atoms with van der Waals surface area (Å²) in [5, 5.41) is 4.27. The van der Waals surface area contributed by atoms with Crippen molar-refractivity contribution in [1.29, 1.82) is 0 Å². The van der Waals surface area contributed by atoms with Gasteiger partial charge in [-0.25, -0.2) is 22.2 Å². The van der Waals surface area contributed by atoms with E-state index in [1.54, 1.807) is 6.07 Å². The standard InChI is InChI=1S/C18H16FN3O3S/c19-15-6-8-16(9-7-15)26(24,25)20-12-13-22-18(23)11-10-17(21-22)14-4-2-1-3-5-14/h1-11,20H,12-13H2. The van der Waals surface area contributed by atoms with Crippen LogP contribution in [0.3, 0.4) is 0 Å². The van der Waals surface area contributed by atoms with Crippen molar-refractivity contribution >= 4 is 10.0 Å². The van der Waals surface area contributed by atoms with Crippen molar-refractivity contribution < 1.29 is 12.8 Å². The fourth-order valence-corrected chi connectivity index (χ4v) is 3.38. The maximum absolute atomic E-state index is 12.9. The summed E-state index contributed by atoms with van der Waals surface area (Å²) in [6, 6.07) is 16.9. The number of halogens is 1. The van der Waals surface area contributed by atoms with E-state index < -0.39 is 15.8 Å². The van der Waals surface area contributed by atoms with E-state index in [0.29, 0.717) is 5.69 Å². The Morgan fingerprint density at radius 3 is 2.35 bits per heavy atom. The number of nitrogens with zero attached hydrogens (tertiary/aromatic N) is 2. The van der Waals surface area contributed by atoms with E-state index in [2.05, 4.69) is 9.82 Å². The van der Waals surface area contributed by atoms with Gasteiger partial charge < -0.3 is 0 Å². The molecule has 8 heteroatoms. The van der Waals surface area contributed by atoms with Gasteiger partial charge in [-0.05, 0) is 30.3 Å². The summed E-state index contributed by atoms with van der Waals surface area (Å²) in [6.07, 6.45) is 0. The summed E-state index contributed by atoms with van der Waals surface area (Å²) in [4.78, 5) is 11.9. The summed E-state index contributed by atoms with van der Waals surface area (Å²) in [6.45, 7) is 0.0464. The molecule has 3 aromatic rings. The van der Waals surface area contributed by atoms with Gasteiger partial charge in [-0.3, -0.25) is 4.79 Å². The number of aromatic nitrogens is 2. The molecule has 3 rings (SSSR count). The van der Waals surface area contributed by atoms with Crippen LogP contribution in [-0.2, 0) is 16.6 Å². The highest BCUT2D eigenvalue weighted by Gasteiger charge is 2.13. The van der Waals surface area contributed by atoms with Gasteiger partial charge in [0.25, 0.3) is 5.56 Å². The molecule has 1 aromatic heterocycles. The van der Waals surface area contributed by atoms with Gasteiger partial charge in [0.15, 0.2) is 0 Å². The number of rotatable bonds is 6. The Kier molecular flexibility index (Phi) is 5.24. The molecule has 0 amide bonds. The fraction of sp³-hybridized carbons (Fsp3) is 0.111. The molecule has 1 N–H and O–H groups in total. The summed E-state index contributed by atoms with van der Waals surface area (Å²) in [7, 11) is -3.78. The topological polar surface area (TPSA) is 81.1 Å². The van der Waals surface area contributed by atoms with E-state index in [1.165, 1.54) is 22.9 Å². The zero-order valence-electron chi connectivity index (χ0n) is 13.7. The highest BCUT2D eigenvalue weighted by atomic mass is 32.2. The summed E-state index contributed by atoms with van der Waals surface area (Å²) in [5.74, 6) is -0.516. The highest BCUT2D eigenvalue weighted by molar-refractivity contribution is 7.89. The van der Waals surface area contributed by atoms with Crippen molar-refractivity contribution in [2.45, 2.75) is 11.4 Å². The van der Waals surface area contributed by atoms with E-state index in [9.17, 15) is 17.6 Å². The molecule has 0 radical (unpaired) electrons. The first-order valence-corrected chi connectivity index (χ1v) is 9.33. The summed E-state index contributed by atoms with van der Waals surface area (Å²) >= 11 is 0. The van der Waals surface area contributed by atoms with Crippen LogP contribution in [0.15, 0.2) is 76.4 Å². The Hall–Kier alpha value is -2.84. The molecular formula is C18H16FN3O3S. The van der Waals surface area contributed by atoms with Gasteiger partial charge in [0, 0.05) is 18.2 Å². The molecular weight excluding hydrogens is 357 g/mol. The minimum Gasteiger partial charge on any atom is -0.268 e. The third-order valence-electron chi connectivity index (χ3n) is 3.68. The number of sulfonamides is 1. The predicted octanol–water partition coefficient (Wildman–Crippen LogP) is 2.03. The predicted molar refractivity (Wildman–Crippen MR) is 95.5 cm³/mol. The van der Waals surface area contributed by atoms with E-state index >= 15 is 0 Å². The zero-order chi connectivity index (χ0) is 18.6. The second kappa shape index (κ2) is 7.59. The Morgan fingerprint density at radius 1 is 0.962 bits per heavy atom. The van der Waals surface area contributed by atoms with Crippen LogP contribution >= 0.6 is 0 Å². The lowest BCUT2D eigenvalue weighted by Crippen LogP contribution is -2.32. The van der Waals surface area contributed by atoms with E-state index in [-0.39, 0.29) is 23.5 Å². The molecule has 0 saturated heterocycles. The van der Waals surface area contributed by atoms with E-state index in [0.717, 1.165) is 17.7 Å². The molecule has 2 aromatic carbocycles. The van der Waals surface area contributed by atoms with Crippen LogP contribution in [0.2, 0.25) is 0 Å². The minimum atomic E-state index is -3.78. The Morgan fingerprint density at radius 2 is 1.65 bits per heavy atom. The van der Waals surface area contributed by atoms with Crippen LogP contribution in [0.1, 0.15) is 0 Å². The number of hydrogen-bond acceptors (Lipinski definition) is 4. The quantitative estimate of drug-likeness (QED) is 0.717. The van der Waals surface area contributed by atoms with Crippen molar-refractivity contribution in [3.8, 4) is 11.3 Å². The third kappa shape index (κ3) is 4.22. The van der Waals surface area contributed by atoms with Crippen LogP contribution < -0.4 is 10.3 Å². The lowest BCUT2D eigenvalue weighted by Gasteiger charge is -2.09. The van der Waals surface area contributed by atoms with Crippen LogP contribution in [-0.4, -0.2) is 24.7 Å². The first-order valence-electron chi connectivity index (χ1n) is 7.84. The van der Waals surface area contributed by atoms with Crippen molar-refractivity contribution in [2.75, 3.05) is 6.54 Å². The molecule has 0 aliphatic rings. The van der Waals surface area contributed by atoms with Crippen LogP contribution in [0.5, 0.6) is 0 Å². The molecule has 0 fully saturated rings. The molecule has 0 aliphatic heterocycles. The van der Waals surface area contributed by atoms with Crippen molar-refractivity contribution in [3.63, 3.8) is 0 Å². The lowest BCUT2D eigenvalue weighted by molar-refractivity contribution is 0.548.